The Kier molecular flexibility index (Phi) is 6.59. The number of nitrogens with zero attached hydrogens (tertiary/aromatic N) is 4. The van der Waals surface area contributed by atoms with Crippen LogP contribution in [0.4, 0.5) is 11.6 Å². The van der Waals surface area contributed by atoms with E-state index in [-0.39, 0.29) is 24.0 Å². The first-order valence-corrected chi connectivity index (χ1v) is 12.1. The van der Waals surface area contributed by atoms with Gasteiger partial charge in [-0.2, -0.15) is 0 Å². The Hall–Kier alpha value is -3.56. The third kappa shape index (κ3) is 4.52. The molecule has 2 N–H and O–H groups in total. The number of rotatable bonds is 7. The number of methoxy groups -OCH3 is 2. The lowest BCUT2D eigenvalue weighted by Crippen LogP contribution is -2.29. The van der Waals surface area contributed by atoms with Crippen LogP contribution in [0, 0.1) is 0 Å². The van der Waals surface area contributed by atoms with Crippen molar-refractivity contribution in [3.8, 4) is 17.0 Å². The number of amides is 1. The molecule has 0 spiro atoms. The smallest absolute Gasteiger partial charge is 0.254 e. The maximum Gasteiger partial charge on any atom is 0.254 e. The number of benzene rings is 1. The van der Waals surface area contributed by atoms with E-state index in [1.807, 2.05) is 12.3 Å². The number of aliphatic hydroxyl groups is 1. The van der Waals surface area contributed by atoms with Crippen LogP contribution in [0.3, 0.4) is 0 Å². The summed E-state index contributed by atoms with van der Waals surface area (Å²) >= 11 is 0. The number of fused-ring (bicyclic) bond motifs is 1. The van der Waals surface area contributed by atoms with Crippen LogP contribution in [0.15, 0.2) is 42.7 Å². The predicted octanol–water partition coefficient (Wildman–Crippen LogP) is 3.35. The average Bonchev–Trinajstić information content (AvgIpc) is 3.53. The van der Waals surface area contributed by atoms with Gasteiger partial charge in [0.25, 0.3) is 5.91 Å². The Morgan fingerprint density at radius 2 is 2.11 bits per heavy atom. The molecule has 1 amide bonds. The van der Waals surface area contributed by atoms with E-state index >= 15 is 0 Å². The summed E-state index contributed by atoms with van der Waals surface area (Å²) in [5.74, 6) is 0.879. The lowest BCUT2D eigenvalue weighted by atomic mass is 9.85. The van der Waals surface area contributed by atoms with Crippen molar-refractivity contribution in [1.82, 2.24) is 19.9 Å². The topological polar surface area (TPSA) is 110 Å². The van der Waals surface area contributed by atoms with Crippen molar-refractivity contribution < 1.29 is 19.4 Å². The minimum atomic E-state index is -0.279. The van der Waals surface area contributed by atoms with Gasteiger partial charge in [0.05, 0.1) is 31.2 Å². The fraction of sp³-hybridized carbons (Fsp3) is 0.407. The molecule has 3 heterocycles. The second-order valence-corrected chi connectivity index (χ2v) is 9.64. The van der Waals surface area contributed by atoms with Crippen molar-refractivity contribution in [3.05, 3.63) is 59.5 Å². The van der Waals surface area contributed by atoms with E-state index in [1.54, 1.807) is 43.5 Å². The number of aliphatic hydroxyl groups excluding tert-OH is 1. The Morgan fingerprint density at radius 3 is 2.86 bits per heavy atom. The minimum Gasteiger partial charge on any atom is -0.495 e. The van der Waals surface area contributed by atoms with Crippen LogP contribution < -0.4 is 10.1 Å². The number of aromatic nitrogens is 3. The molecule has 5 rings (SSSR count). The molecule has 1 fully saturated rings. The number of carbonyl (C=O) groups is 1. The molecule has 9 nitrogen and oxygen atoms in total. The highest BCUT2D eigenvalue weighted by Crippen LogP contribution is 2.39. The Balaban J connectivity index is 1.37. The van der Waals surface area contributed by atoms with Gasteiger partial charge in [0.1, 0.15) is 5.75 Å². The van der Waals surface area contributed by atoms with Crippen molar-refractivity contribution >= 4 is 17.5 Å². The first-order chi connectivity index (χ1) is 17.4. The number of hydrogen-bond donors (Lipinski definition) is 2. The van der Waals surface area contributed by atoms with Gasteiger partial charge >= 0.3 is 0 Å². The standard InChI is InChI=1S/C27H31N5O4/c1-27(16-33)9-6-22-20(27)12-18(14-29-22)21-7-10-28-26(30-21)31-23-5-4-17(13-24(23)36-3)25(34)32-11-8-19(15-32)35-2/h4-5,7,10,12-14,19,33H,6,8-9,11,15-16H2,1-3H3,(H,28,30,31). The van der Waals surface area contributed by atoms with Gasteiger partial charge in [0.15, 0.2) is 0 Å². The number of carbonyl (C=O) groups excluding carboxylic acids is 1. The zero-order chi connectivity index (χ0) is 25.3. The number of aryl methyl sites for hydroxylation is 1. The zero-order valence-electron chi connectivity index (χ0n) is 20.8. The van der Waals surface area contributed by atoms with Crippen LogP contribution in [-0.2, 0) is 16.6 Å². The number of anilines is 2. The molecule has 2 aromatic heterocycles. The minimum absolute atomic E-state index is 0.0448. The molecule has 0 radical (unpaired) electrons. The third-order valence-corrected chi connectivity index (χ3v) is 7.29. The van der Waals surface area contributed by atoms with Crippen molar-refractivity contribution in [2.24, 2.45) is 0 Å². The molecule has 1 aliphatic carbocycles. The molecule has 1 aliphatic heterocycles. The van der Waals surface area contributed by atoms with Gasteiger partial charge < -0.3 is 24.8 Å². The van der Waals surface area contributed by atoms with Crippen LogP contribution in [0.5, 0.6) is 5.75 Å². The zero-order valence-corrected chi connectivity index (χ0v) is 20.8. The summed E-state index contributed by atoms with van der Waals surface area (Å²) in [5, 5.41) is 13.1. The SMILES string of the molecule is COc1cc(C(=O)N2CCC(OC)C2)ccc1Nc1nccc(-c2cnc3c(c2)C(C)(CO)CC3)n1. The van der Waals surface area contributed by atoms with E-state index in [1.165, 1.54) is 0 Å². The van der Waals surface area contributed by atoms with Crippen LogP contribution in [-0.4, -0.2) is 70.9 Å². The van der Waals surface area contributed by atoms with Gasteiger partial charge in [-0.25, -0.2) is 9.97 Å². The van der Waals surface area contributed by atoms with E-state index in [0.29, 0.717) is 36.0 Å². The molecule has 188 valence electrons. The molecule has 2 unspecified atom stereocenters. The summed E-state index contributed by atoms with van der Waals surface area (Å²) in [7, 11) is 3.24. The molecule has 1 aromatic carbocycles. The lowest BCUT2D eigenvalue weighted by molar-refractivity contribution is 0.0724. The van der Waals surface area contributed by atoms with E-state index in [9.17, 15) is 9.90 Å². The highest BCUT2D eigenvalue weighted by atomic mass is 16.5. The monoisotopic (exact) mass is 489 g/mol. The predicted molar refractivity (Wildman–Crippen MR) is 136 cm³/mol. The van der Waals surface area contributed by atoms with E-state index in [0.717, 1.165) is 41.8 Å². The third-order valence-electron chi connectivity index (χ3n) is 7.29. The lowest BCUT2D eigenvalue weighted by Gasteiger charge is -2.22. The van der Waals surface area contributed by atoms with Gasteiger partial charge in [0, 0.05) is 54.8 Å². The van der Waals surface area contributed by atoms with Crippen molar-refractivity contribution in [3.63, 3.8) is 0 Å². The fourth-order valence-corrected chi connectivity index (χ4v) is 4.96. The maximum absolute atomic E-state index is 12.9. The molecule has 0 saturated carbocycles. The molecule has 2 atom stereocenters. The van der Waals surface area contributed by atoms with Crippen LogP contribution in [0.1, 0.15) is 41.4 Å². The van der Waals surface area contributed by atoms with Gasteiger partial charge in [-0.1, -0.05) is 6.92 Å². The van der Waals surface area contributed by atoms with Crippen LogP contribution in [0.25, 0.3) is 11.3 Å². The van der Waals surface area contributed by atoms with Crippen molar-refractivity contribution in [2.75, 3.05) is 39.2 Å². The molecule has 36 heavy (non-hydrogen) atoms. The largest absolute Gasteiger partial charge is 0.495 e. The van der Waals surface area contributed by atoms with E-state index < -0.39 is 0 Å². The summed E-state index contributed by atoms with van der Waals surface area (Å²) < 4.78 is 10.9. The number of nitrogens with one attached hydrogen (secondary N) is 1. The number of pyridine rings is 1. The number of likely N-dealkylation sites (tertiary alicyclic amines) is 1. The maximum atomic E-state index is 12.9. The summed E-state index contributed by atoms with van der Waals surface area (Å²) in [6.07, 6.45) is 6.18. The van der Waals surface area contributed by atoms with Gasteiger partial charge in [-0.15, -0.1) is 0 Å². The average molecular weight is 490 g/mol. The molecule has 3 aromatic rings. The van der Waals surface area contributed by atoms with Gasteiger partial charge in [-0.05, 0) is 55.2 Å². The fourth-order valence-electron chi connectivity index (χ4n) is 4.96. The van der Waals surface area contributed by atoms with Crippen LogP contribution in [0.2, 0.25) is 0 Å². The number of ether oxygens (including phenoxy) is 2. The van der Waals surface area contributed by atoms with Crippen LogP contribution >= 0.6 is 0 Å². The quantitative estimate of drug-likeness (QED) is 0.520. The van der Waals surface area contributed by atoms with Gasteiger partial charge in [-0.3, -0.25) is 9.78 Å². The van der Waals surface area contributed by atoms with E-state index in [4.69, 9.17) is 9.47 Å². The van der Waals surface area contributed by atoms with E-state index in [2.05, 4.69) is 33.3 Å². The molecule has 9 heteroatoms. The Morgan fingerprint density at radius 1 is 1.25 bits per heavy atom. The second kappa shape index (κ2) is 9.83. The Bertz CT molecular complexity index is 1280. The molecule has 1 saturated heterocycles. The summed E-state index contributed by atoms with van der Waals surface area (Å²) in [6, 6.07) is 9.22. The first kappa shape index (κ1) is 24.1. The molecular weight excluding hydrogens is 458 g/mol. The highest BCUT2D eigenvalue weighted by Gasteiger charge is 2.35. The van der Waals surface area contributed by atoms with Gasteiger partial charge in [0.2, 0.25) is 5.95 Å². The molecular formula is C27H31N5O4. The molecule has 2 aliphatic rings. The Labute approximate surface area is 210 Å². The highest BCUT2D eigenvalue weighted by molar-refractivity contribution is 5.95. The number of hydrogen-bond acceptors (Lipinski definition) is 8. The summed E-state index contributed by atoms with van der Waals surface area (Å²) in [6.45, 7) is 3.42. The normalized spacial score (nSPS) is 20.9. The van der Waals surface area contributed by atoms with Crippen molar-refractivity contribution in [2.45, 2.75) is 37.7 Å². The molecule has 0 bridgehead atoms. The summed E-state index contributed by atoms with van der Waals surface area (Å²) in [5.41, 5.74) is 4.64. The first-order valence-electron chi connectivity index (χ1n) is 12.1. The van der Waals surface area contributed by atoms with Crippen molar-refractivity contribution in [1.29, 1.82) is 0 Å². The summed E-state index contributed by atoms with van der Waals surface area (Å²) in [4.78, 5) is 28.4. The second-order valence-electron chi connectivity index (χ2n) is 9.64.